The first-order valence-electron chi connectivity index (χ1n) is 12.1. The number of benzene rings is 2. The molecule has 1 fully saturated rings. The quantitative estimate of drug-likeness (QED) is 0.659. The second-order valence-electron chi connectivity index (χ2n) is 10.1. The molecular formula is C28H39FN2O2. The Kier molecular flexibility index (Phi) is 9.04. The van der Waals surface area contributed by atoms with Crippen LogP contribution in [0.3, 0.4) is 0 Å². The zero-order valence-corrected chi connectivity index (χ0v) is 20.8. The Balaban J connectivity index is 0.000000205. The van der Waals surface area contributed by atoms with Gasteiger partial charge in [0.25, 0.3) is 0 Å². The van der Waals surface area contributed by atoms with Crippen LogP contribution >= 0.6 is 0 Å². The second kappa shape index (κ2) is 11.8. The lowest BCUT2D eigenvalue weighted by molar-refractivity contribution is -0.133. The van der Waals surface area contributed by atoms with E-state index in [2.05, 4.69) is 50.1 Å². The lowest BCUT2D eigenvalue weighted by atomic mass is 9.85. The molecule has 1 amide bonds. The molecule has 1 aliphatic heterocycles. The maximum absolute atomic E-state index is 13.5. The molecule has 5 heteroatoms. The van der Waals surface area contributed by atoms with Crippen molar-refractivity contribution in [1.82, 2.24) is 9.80 Å². The highest BCUT2D eigenvalue weighted by molar-refractivity contribution is 5.76. The third-order valence-electron chi connectivity index (χ3n) is 6.51. The summed E-state index contributed by atoms with van der Waals surface area (Å²) in [5.74, 6) is 1.19. The predicted molar refractivity (Wildman–Crippen MR) is 132 cm³/mol. The summed E-state index contributed by atoms with van der Waals surface area (Å²) in [6.07, 6.45) is 3.63. The highest BCUT2D eigenvalue weighted by Crippen LogP contribution is 2.35. The summed E-state index contributed by atoms with van der Waals surface area (Å²) >= 11 is 0. The minimum atomic E-state index is -0.113. The number of likely N-dealkylation sites (N-methyl/N-ethyl adjacent to an activating group) is 1. The van der Waals surface area contributed by atoms with E-state index in [0.29, 0.717) is 18.3 Å². The molecule has 0 aromatic heterocycles. The van der Waals surface area contributed by atoms with Crippen LogP contribution in [0.15, 0.2) is 42.5 Å². The molecule has 0 radical (unpaired) electrons. The Hall–Kier alpha value is -2.24. The van der Waals surface area contributed by atoms with Gasteiger partial charge in [0, 0.05) is 27.2 Å². The SMILES string of the molecule is CC(C)C[C@H]1Cc2cc(F)ccc2Cc2ccccc21.CN1CCOC(CC(=O)N(C)C)C1. The summed E-state index contributed by atoms with van der Waals surface area (Å²) in [5, 5.41) is 0. The first kappa shape index (κ1) is 25.4. The van der Waals surface area contributed by atoms with Crippen LogP contribution in [0.25, 0.3) is 0 Å². The van der Waals surface area contributed by atoms with Gasteiger partial charge in [-0.1, -0.05) is 44.2 Å². The third kappa shape index (κ3) is 7.38. The van der Waals surface area contributed by atoms with Gasteiger partial charge in [0.2, 0.25) is 5.91 Å². The Morgan fingerprint density at radius 1 is 1.15 bits per heavy atom. The fourth-order valence-corrected chi connectivity index (χ4v) is 4.78. The first-order chi connectivity index (χ1) is 15.7. The number of amides is 1. The van der Waals surface area contributed by atoms with Crippen LogP contribution in [-0.2, 0) is 22.4 Å². The van der Waals surface area contributed by atoms with Crippen molar-refractivity contribution >= 4 is 5.91 Å². The Bertz CT molecular complexity index is 928. The van der Waals surface area contributed by atoms with Crippen molar-refractivity contribution < 1.29 is 13.9 Å². The van der Waals surface area contributed by atoms with Gasteiger partial charge in [0.1, 0.15) is 5.82 Å². The largest absolute Gasteiger partial charge is 0.375 e. The maximum atomic E-state index is 13.5. The van der Waals surface area contributed by atoms with E-state index in [0.717, 1.165) is 39.0 Å². The van der Waals surface area contributed by atoms with Gasteiger partial charge < -0.3 is 14.5 Å². The van der Waals surface area contributed by atoms with Gasteiger partial charge in [0.05, 0.1) is 19.1 Å². The number of hydrogen-bond donors (Lipinski definition) is 0. The lowest BCUT2D eigenvalue weighted by Crippen LogP contribution is -2.42. The number of carbonyl (C=O) groups excluding carboxylic acids is 1. The van der Waals surface area contributed by atoms with Crippen LogP contribution in [0.5, 0.6) is 0 Å². The number of morpholine rings is 1. The second-order valence-corrected chi connectivity index (χ2v) is 10.1. The van der Waals surface area contributed by atoms with Crippen LogP contribution in [-0.4, -0.2) is 62.7 Å². The van der Waals surface area contributed by atoms with E-state index in [1.165, 1.54) is 22.3 Å². The number of hydrogen-bond acceptors (Lipinski definition) is 3. The van der Waals surface area contributed by atoms with Gasteiger partial charge >= 0.3 is 0 Å². The van der Waals surface area contributed by atoms with E-state index in [4.69, 9.17) is 4.74 Å². The minimum Gasteiger partial charge on any atom is -0.375 e. The summed E-state index contributed by atoms with van der Waals surface area (Å²) in [4.78, 5) is 15.1. The van der Waals surface area contributed by atoms with Crippen molar-refractivity contribution in [2.24, 2.45) is 5.92 Å². The van der Waals surface area contributed by atoms with Crippen molar-refractivity contribution in [2.45, 2.75) is 51.6 Å². The van der Waals surface area contributed by atoms with Gasteiger partial charge in [-0.25, -0.2) is 4.39 Å². The molecule has 180 valence electrons. The summed E-state index contributed by atoms with van der Waals surface area (Å²) in [6.45, 7) is 7.09. The minimum absolute atomic E-state index is 0.0775. The number of halogens is 1. The van der Waals surface area contributed by atoms with Crippen LogP contribution in [0, 0.1) is 11.7 Å². The van der Waals surface area contributed by atoms with Crippen molar-refractivity contribution in [3.63, 3.8) is 0 Å². The highest BCUT2D eigenvalue weighted by atomic mass is 19.1. The summed E-state index contributed by atoms with van der Waals surface area (Å²) in [7, 11) is 5.60. The average Bonchev–Trinajstić information content (AvgIpc) is 2.90. The molecule has 0 saturated carbocycles. The van der Waals surface area contributed by atoms with E-state index in [1.54, 1.807) is 31.1 Å². The molecule has 2 aromatic carbocycles. The van der Waals surface area contributed by atoms with E-state index >= 15 is 0 Å². The Labute approximate surface area is 198 Å². The molecule has 0 bridgehead atoms. The monoisotopic (exact) mass is 454 g/mol. The Morgan fingerprint density at radius 3 is 2.61 bits per heavy atom. The molecule has 2 atom stereocenters. The summed E-state index contributed by atoms with van der Waals surface area (Å²) in [6, 6.07) is 14.0. The van der Waals surface area contributed by atoms with Crippen molar-refractivity contribution in [3.05, 3.63) is 70.5 Å². The van der Waals surface area contributed by atoms with E-state index in [-0.39, 0.29) is 17.8 Å². The maximum Gasteiger partial charge on any atom is 0.224 e. The molecule has 0 spiro atoms. The van der Waals surface area contributed by atoms with Gasteiger partial charge in [-0.05, 0) is 72.5 Å². The standard InChI is InChI=1S/C19H21F.C9H18N2O2/c1-13(2)9-17-11-16-12-18(20)8-7-14(16)10-15-5-3-4-6-19(15)17;1-10(2)9(12)6-8-7-11(3)4-5-13-8/h3-8,12-13,17H,9-11H2,1-2H3;8H,4-7H2,1-3H3/t17-;/m0./s1. The molecule has 2 aromatic rings. The Morgan fingerprint density at radius 2 is 1.91 bits per heavy atom. The fourth-order valence-electron chi connectivity index (χ4n) is 4.78. The van der Waals surface area contributed by atoms with Gasteiger partial charge in [0.15, 0.2) is 0 Å². The summed E-state index contributed by atoms with van der Waals surface area (Å²) in [5.41, 5.74) is 5.33. The topological polar surface area (TPSA) is 32.8 Å². The molecule has 1 unspecified atom stereocenters. The average molecular weight is 455 g/mol. The lowest BCUT2D eigenvalue weighted by Gasteiger charge is -2.30. The van der Waals surface area contributed by atoms with Crippen molar-refractivity contribution in [1.29, 1.82) is 0 Å². The van der Waals surface area contributed by atoms with Crippen molar-refractivity contribution in [2.75, 3.05) is 40.8 Å². The van der Waals surface area contributed by atoms with Crippen LogP contribution in [0.4, 0.5) is 4.39 Å². The summed E-state index contributed by atoms with van der Waals surface area (Å²) < 4.78 is 19.0. The smallest absolute Gasteiger partial charge is 0.224 e. The predicted octanol–water partition coefficient (Wildman–Crippen LogP) is 4.90. The molecule has 4 nitrogen and oxygen atoms in total. The van der Waals surface area contributed by atoms with Gasteiger partial charge in [-0.2, -0.15) is 0 Å². The van der Waals surface area contributed by atoms with E-state index in [9.17, 15) is 9.18 Å². The highest BCUT2D eigenvalue weighted by Gasteiger charge is 2.23. The first-order valence-corrected chi connectivity index (χ1v) is 12.1. The van der Waals surface area contributed by atoms with Gasteiger partial charge in [-0.3, -0.25) is 4.79 Å². The van der Waals surface area contributed by atoms with Crippen LogP contribution < -0.4 is 0 Å². The molecular weight excluding hydrogens is 415 g/mol. The normalized spacial score (nSPS) is 20.2. The van der Waals surface area contributed by atoms with Crippen molar-refractivity contribution in [3.8, 4) is 0 Å². The fraction of sp³-hybridized carbons (Fsp3) is 0.536. The molecule has 1 heterocycles. The third-order valence-corrected chi connectivity index (χ3v) is 6.51. The number of nitrogens with zero attached hydrogens (tertiary/aromatic N) is 2. The number of ether oxygens (including phenoxy) is 1. The van der Waals surface area contributed by atoms with E-state index < -0.39 is 0 Å². The molecule has 1 aliphatic carbocycles. The molecule has 33 heavy (non-hydrogen) atoms. The molecule has 0 N–H and O–H groups in total. The molecule has 2 aliphatic rings. The zero-order valence-electron chi connectivity index (χ0n) is 20.8. The van der Waals surface area contributed by atoms with Crippen LogP contribution in [0.1, 0.15) is 54.9 Å². The molecule has 4 rings (SSSR count). The van der Waals surface area contributed by atoms with Gasteiger partial charge in [-0.15, -0.1) is 0 Å². The number of rotatable bonds is 4. The van der Waals surface area contributed by atoms with E-state index in [1.807, 2.05) is 6.07 Å². The zero-order chi connectivity index (χ0) is 24.0. The number of fused-ring (bicyclic) bond motifs is 2. The number of carbonyl (C=O) groups is 1. The van der Waals surface area contributed by atoms with Crippen LogP contribution in [0.2, 0.25) is 0 Å². The molecule has 1 saturated heterocycles.